The van der Waals surface area contributed by atoms with Gasteiger partial charge in [-0.05, 0) is 43.0 Å². The second kappa shape index (κ2) is 9.32. The van der Waals surface area contributed by atoms with Crippen LogP contribution in [0.2, 0.25) is 0 Å². The third-order valence-electron chi connectivity index (χ3n) is 4.77. The summed E-state index contributed by atoms with van der Waals surface area (Å²) in [4.78, 5) is 26.2. The molecule has 7 nitrogen and oxygen atoms in total. The molecule has 27 heavy (non-hydrogen) atoms. The molecule has 0 aliphatic carbocycles. The summed E-state index contributed by atoms with van der Waals surface area (Å²) in [7, 11) is -3.57. The van der Waals surface area contributed by atoms with Crippen LogP contribution < -0.4 is 0 Å². The number of piperidine rings is 1. The van der Waals surface area contributed by atoms with Crippen molar-refractivity contribution in [2.75, 3.05) is 32.8 Å². The molecule has 0 bridgehead atoms. The number of carbonyl (C=O) groups is 2. The van der Waals surface area contributed by atoms with Crippen LogP contribution in [-0.4, -0.2) is 62.3 Å². The maximum Gasteiger partial charge on any atom is 0.338 e. The number of esters is 1. The largest absolute Gasteiger partial charge is 0.452 e. The van der Waals surface area contributed by atoms with E-state index in [-0.39, 0.29) is 23.0 Å². The molecule has 8 heteroatoms. The minimum atomic E-state index is -3.57. The molecule has 1 saturated heterocycles. The number of hydrogen-bond acceptors (Lipinski definition) is 5. The maximum absolute atomic E-state index is 12.5. The van der Waals surface area contributed by atoms with E-state index in [0.717, 1.165) is 12.8 Å². The van der Waals surface area contributed by atoms with Gasteiger partial charge in [0.1, 0.15) is 0 Å². The highest BCUT2D eigenvalue weighted by molar-refractivity contribution is 7.89. The van der Waals surface area contributed by atoms with Crippen LogP contribution in [0, 0.1) is 5.92 Å². The van der Waals surface area contributed by atoms with E-state index in [1.54, 1.807) is 18.7 Å². The zero-order valence-corrected chi connectivity index (χ0v) is 17.0. The monoisotopic (exact) mass is 396 g/mol. The smallest absolute Gasteiger partial charge is 0.338 e. The van der Waals surface area contributed by atoms with Crippen molar-refractivity contribution in [1.82, 2.24) is 9.21 Å². The molecule has 0 N–H and O–H groups in total. The SMILES string of the molecule is CCN(CC)S(=O)(=O)c1ccc(C(=O)OCC(=O)N2CCC[C@@H](C)C2)cc1. The van der Waals surface area contributed by atoms with E-state index in [4.69, 9.17) is 4.74 Å². The highest BCUT2D eigenvalue weighted by Crippen LogP contribution is 2.17. The molecule has 1 aromatic rings. The van der Waals surface area contributed by atoms with Crippen molar-refractivity contribution in [3.8, 4) is 0 Å². The Morgan fingerprint density at radius 3 is 2.37 bits per heavy atom. The summed E-state index contributed by atoms with van der Waals surface area (Å²) in [5.74, 6) is -0.380. The normalized spacial score (nSPS) is 17.8. The topological polar surface area (TPSA) is 84.0 Å². The van der Waals surface area contributed by atoms with Gasteiger partial charge in [-0.2, -0.15) is 4.31 Å². The molecule has 1 aliphatic heterocycles. The van der Waals surface area contributed by atoms with Crippen molar-refractivity contribution in [2.45, 2.75) is 38.5 Å². The van der Waals surface area contributed by atoms with Gasteiger partial charge < -0.3 is 9.64 Å². The van der Waals surface area contributed by atoms with Crippen LogP contribution in [0.4, 0.5) is 0 Å². The molecule has 1 amide bonds. The predicted octanol–water partition coefficient (Wildman–Crippen LogP) is 2.13. The number of benzene rings is 1. The van der Waals surface area contributed by atoms with Crippen molar-refractivity contribution < 1.29 is 22.7 Å². The molecular formula is C19H28N2O5S. The molecule has 0 saturated carbocycles. The van der Waals surface area contributed by atoms with Crippen molar-refractivity contribution in [2.24, 2.45) is 5.92 Å². The van der Waals surface area contributed by atoms with E-state index >= 15 is 0 Å². The van der Waals surface area contributed by atoms with E-state index < -0.39 is 16.0 Å². The van der Waals surface area contributed by atoms with Gasteiger partial charge in [0.05, 0.1) is 10.5 Å². The molecule has 2 rings (SSSR count). The predicted molar refractivity (Wildman–Crippen MR) is 102 cm³/mol. The van der Waals surface area contributed by atoms with Crippen LogP contribution in [0.15, 0.2) is 29.2 Å². The van der Waals surface area contributed by atoms with Gasteiger partial charge in [-0.25, -0.2) is 13.2 Å². The Morgan fingerprint density at radius 1 is 1.19 bits per heavy atom. The Morgan fingerprint density at radius 2 is 1.81 bits per heavy atom. The second-order valence-electron chi connectivity index (χ2n) is 6.78. The van der Waals surface area contributed by atoms with Crippen molar-refractivity contribution in [1.29, 1.82) is 0 Å². The molecule has 1 fully saturated rings. The summed E-state index contributed by atoms with van der Waals surface area (Å²) in [6.07, 6.45) is 2.07. The average Bonchev–Trinajstić information content (AvgIpc) is 2.66. The third-order valence-corrected chi connectivity index (χ3v) is 6.83. The summed E-state index contributed by atoms with van der Waals surface area (Å²) in [5, 5.41) is 0. The number of amides is 1. The molecule has 150 valence electrons. The van der Waals surface area contributed by atoms with E-state index in [0.29, 0.717) is 32.1 Å². The molecule has 1 aliphatic rings. The van der Waals surface area contributed by atoms with E-state index in [1.165, 1.54) is 28.6 Å². The molecule has 1 atom stereocenters. The molecule has 0 aromatic heterocycles. The van der Waals surface area contributed by atoms with Crippen molar-refractivity contribution in [3.05, 3.63) is 29.8 Å². The molecule has 1 heterocycles. The van der Waals surface area contributed by atoms with Gasteiger partial charge in [0, 0.05) is 26.2 Å². The Kier molecular flexibility index (Phi) is 7.38. The quantitative estimate of drug-likeness (QED) is 0.659. The first kappa shape index (κ1) is 21.4. The van der Waals surface area contributed by atoms with Crippen LogP contribution in [0.25, 0.3) is 0 Å². The Hall–Kier alpha value is -1.93. The zero-order chi connectivity index (χ0) is 20.0. The molecule has 1 aromatic carbocycles. The molecule has 0 unspecified atom stereocenters. The average molecular weight is 397 g/mol. The highest BCUT2D eigenvalue weighted by atomic mass is 32.2. The lowest BCUT2D eigenvalue weighted by molar-refractivity contribution is -0.136. The van der Waals surface area contributed by atoms with Crippen molar-refractivity contribution >= 4 is 21.9 Å². The highest BCUT2D eigenvalue weighted by Gasteiger charge is 2.23. The number of likely N-dealkylation sites (tertiary alicyclic amines) is 1. The summed E-state index contributed by atoms with van der Waals surface area (Å²) < 4.78 is 31.4. The van der Waals surface area contributed by atoms with Crippen LogP contribution in [-0.2, 0) is 19.6 Å². The Labute approximate surface area is 161 Å². The fraction of sp³-hybridized carbons (Fsp3) is 0.579. The summed E-state index contributed by atoms with van der Waals surface area (Å²) in [6.45, 7) is 7.47. The first-order valence-electron chi connectivity index (χ1n) is 9.34. The third kappa shape index (κ3) is 5.29. The maximum atomic E-state index is 12.5. The lowest BCUT2D eigenvalue weighted by Crippen LogP contribution is -2.41. The Balaban J connectivity index is 1.96. The van der Waals surface area contributed by atoms with Crippen LogP contribution >= 0.6 is 0 Å². The lowest BCUT2D eigenvalue weighted by Gasteiger charge is -2.30. The Bertz CT molecular complexity index is 757. The molecule has 0 radical (unpaired) electrons. The van der Waals surface area contributed by atoms with E-state index in [1.807, 2.05) is 0 Å². The first-order chi connectivity index (χ1) is 12.8. The molecule has 0 spiro atoms. The fourth-order valence-electron chi connectivity index (χ4n) is 3.19. The minimum absolute atomic E-state index is 0.126. The van der Waals surface area contributed by atoms with Gasteiger partial charge >= 0.3 is 5.97 Å². The van der Waals surface area contributed by atoms with Gasteiger partial charge in [0.25, 0.3) is 5.91 Å². The zero-order valence-electron chi connectivity index (χ0n) is 16.2. The van der Waals surface area contributed by atoms with Gasteiger partial charge in [0.15, 0.2) is 6.61 Å². The lowest BCUT2D eigenvalue weighted by atomic mass is 10.0. The van der Waals surface area contributed by atoms with Gasteiger partial charge in [-0.1, -0.05) is 20.8 Å². The summed E-state index contributed by atoms with van der Waals surface area (Å²) >= 11 is 0. The number of carbonyl (C=O) groups excluding carboxylic acids is 2. The summed E-state index contributed by atoms with van der Waals surface area (Å²) in [6, 6.07) is 5.59. The second-order valence-corrected chi connectivity index (χ2v) is 8.71. The molecular weight excluding hydrogens is 368 g/mol. The number of hydrogen-bond donors (Lipinski definition) is 0. The van der Waals surface area contributed by atoms with Crippen LogP contribution in [0.1, 0.15) is 44.0 Å². The minimum Gasteiger partial charge on any atom is -0.452 e. The van der Waals surface area contributed by atoms with E-state index in [9.17, 15) is 18.0 Å². The summed E-state index contributed by atoms with van der Waals surface area (Å²) in [5.41, 5.74) is 0.216. The van der Waals surface area contributed by atoms with Crippen LogP contribution in [0.3, 0.4) is 0 Å². The van der Waals surface area contributed by atoms with Gasteiger partial charge in [-0.3, -0.25) is 4.79 Å². The number of nitrogens with zero attached hydrogens (tertiary/aromatic N) is 2. The van der Waals surface area contributed by atoms with Gasteiger partial charge in [0.2, 0.25) is 10.0 Å². The number of ether oxygens (including phenoxy) is 1. The van der Waals surface area contributed by atoms with Crippen molar-refractivity contribution in [3.63, 3.8) is 0 Å². The van der Waals surface area contributed by atoms with Gasteiger partial charge in [-0.15, -0.1) is 0 Å². The van der Waals surface area contributed by atoms with E-state index in [2.05, 4.69) is 6.92 Å². The first-order valence-corrected chi connectivity index (χ1v) is 10.8. The van der Waals surface area contributed by atoms with Crippen LogP contribution in [0.5, 0.6) is 0 Å². The number of rotatable bonds is 7. The standard InChI is InChI=1S/C19H28N2O5S/c1-4-21(5-2)27(24,25)17-10-8-16(9-11-17)19(23)26-14-18(22)20-12-6-7-15(3)13-20/h8-11,15H,4-7,12-14H2,1-3H3/t15-/m1/s1. The number of sulfonamides is 1. The fourth-order valence-corrected chi connectivity index (χ4v) is 4.65.